The number of carbonyl (C=O) groups is 1. The molecule has 1 amide bonds. The van der Waals surface area contributed by atoms with Crippen molar-refractivity contribution in [3.8, 4) is 17.4 Å². The summed E-state index contributed by atoms with van der Waals surface area (Å²) in [4.78, 5) is 20.0. The number of hydrogen-bond donors (Lipinski definition) is 1. The van der Waals surface area contributed by atoms with E-state index in [0.29, 0.717) is 18.2 Å². The Morgan fingerprint density at radius 1 is 0.889 bits per heavy atom. The number of pyridine rings is 1. The molecule has 1 N–H and O–H groups in total. The van der Waals surface area contributed by atoms with Crippen LogP contribution >= 0.6 is 0 Å². The minimum absolute atomic E-state index is 0.236. The Balaban J connectivity index is 1.49. The number of aromatic nitrogens is 1. The summed E-state index contributed by atoms with van der Waals surface area (Å²) in [5.41, 5.74) is 4.20. The van der Waals surface area contributed by atoms with Crippen molar-refractivity contribution >= 4 is 5.91 Å². The highest BCUT2D eigenvalue weighted by Crippen LogP contribution is 2.23. The number of benzene rings is 2. The zero-order chi connectivity index (χ0) is 18.9. The van der Waals surface area contributed by atoms with Gasteiger partial charge in [0, 0.05) is 19.2 Å². The molecule has 0 aliphatic rings. The number of nitrogens with one attached hydrogen (secondary N) is 1. The average molecular weight is 364 g/mol. The van der Waals surface area contributed by atoms with Crippen molar-refractivity contribution in [3.63, 3.8) is 0 Å². The van der Waals surface area contributed by atoms with Crippen LogP contribution in [0.25, 0.3) is 0 Å². The van der Waals surface area contributed by atoms with E-state index in [-0.39, 0.29) is 12.5 Å². The van der Waals surface area contributed by atoms with Gasteiger partial charge in [-0.2, -0.15) is 0 Å². The third kappa shape index (κ3) is 6.13. The van der Waals surface area contributed by atoms with Crippen LogP contribution in [0.15, 0.2) is 72.9 Å². The Hall–Kier alpha value is -3.38. The third-order valence-electron chi connectivity index (χ3n) is 3.55. The summed E-state index contributed by atoms with van der Waals surface area (Å²) in [7, 11) is 0. The summed E-state index contributed by atoms with van der Waals surface area (Å²) < 4.78 is 11.5. The van der Waals surface area contributed by atoms with Crippen molar-refractivity contribution in [2.24, 2.45) is 0 Å². The van der Waals surface area contributed by atoms with Gasteiger partial charge in [-0.3, -0.25) is 9.63 Å². The molecule has 1 aromatic heterocycles. The SMILES string of the molecule is CC(=O)NOCc1ccc(Oc2ccc(OCc3ccccc3)cc2)nc1. The quantitative estimate of drug-likeness (QED) is 0.611. The molecule has 27 heavy (non-hydrogen) atoms. The van der Waals surface area contributed by atoms with Crippen LogP contribution in [0.4, 0.5) is 0 Å². The number of amides is 1. The molecule has 0 saturated heterocycles. The van der Waals surface area contributed by atoms with Gasteiger partial charge in [0.2, 0.25) is 11.8 Å². The van der Waals surface area contributed by atoms with Gasteiger partial charge in [-0.05, 0) is 41.5 Å². The standard InChI is InChI=1S/C21H20N2O4/c1-16(24)23-26-15-18-7-12-21(22-13-18)27-20-10-8-19(9-11-20)25-14-17-5-3-2-4-6-17/h2-13H,14-15H2,1H3,(H,23,24). The molecule has 0 unspecified atom stereocenters. The Labute approximate surface area is 157 Å². The highest BCUT2D eigenvalue weighted by Gasteiger charge is 2.02. The smallest absolute Gasteiger partial charge is 0.240 e. The van der Waals surface area contributed by atoms with Gasteiger partial charge in [-0.15, -0.1) is 0 Å². The van der Waals surface area contributed by atoms with Crippen LogP contribution in [0.3, 0.4) is 0 Å². The maximum Gasteiger partial charge on any atom is 0.240 e. The first-order valence-corrected chi connectivity index (χ1v) is 8.47. The number of rotatable bonds is 8. The van der Waals surface area contributed by atoms with E-state index in [9.17, 15) is 4.79 Å². The summed E-state index contributed by atoms with van der Waals surface area (Å²) in [5.74, 6) is 1.65. The molecule has 0 aliphatic carbocycles. The fraction of sp³-hybridized carbons (Fsp3) is 0.143. The van der Waals surface area contributed by atoms with Gasteiger partial charge in [-0.25, -0.2) is 10.5 Å². The second kappa shape index (κ2) is 9.35. The van der Waals surface area contributed by atoms with E-state index in [1.54, 1.807) is 12.3 Å². The number of hydrogen-bond acceptors (Lipinski definition) is 5. The van der Waals surface area contributed by atoms with Crippen LogP contribution in [-0.4, -0.2) is 10.9 Å². The van der Waals surface area contributed by atoms with E-state index in [4.69, 9.17) is 14.3 Å². The van der Waals surface area contributed by atoms with E-state index in [1.165, 1.54) is 6.92 Å². The molecule has 0 atom stereocenters. The Kier molecular flexibility index (Phi) is 6.38. The van der Waals surface area contributed by atoms with Gasteiger partial charge in [0.15, 0.2) is 0 Å². The lowest BCUT2D eigenvalue weighted by molar-refractivity contribution is -0.132. The minimum Gasteiger partial charge on any atom is -0.489 e. The van der Waals surface area contributed by atoms with Gasteiger partial charge in [-0.1, -0.05) is 30.3 Å². The normalized spacial score (nSPS) is 10.3. The van der Waals surface area contributed by atoms with E-state index < -0.39 is 0 Å². The maximum atomic E-state index is 10.7. The van der Waals surface area contributed by atoms with E-state index in [2.05, 4.69) is 10.5 Å². The number of carbonyl (C=O) groups excluding carboxylic acids is 1. The van der Waals surface area contributed by atoms with Gasteiger partial charge in [0.25, 0.3) is 0 Å². The first-order valence-electron chi connectivity index (χ1n) is 8.47. The Morgan fingerprint density at radius 3 is 2.30 bits per heavy atom. The minimum atomic E-state index is -0.251. The first kappa shape index (κ1) is 18.4. The Bertz CT molecular complexity index is 850. The molecule has 0 radical (unpaired) electrons. The largest absolute Gasteiger partial charge is 0.489 e. The predicted octanol–water partition coefficient (Wildman–Crippen LogP) is 4.02. The van der Waals surface area contributed by atoms with Crippen LogP contribution in [-0.2, 0) is 22.8 Å². The predicted molar refractivity (Wildman–Crippen MR) is 100 cm³/mol. The third-order valence-corrected chi connectivity index (χ3v) is 3.55. The van der Waals surface area contributed by atoms with E-state index in [1.807, 2.05) is 60.7 Å². The molecule has 0 aliphatic heterocycles. The van der Waals surface area contributed by atoms with Crippen molar-refractivity contribution in [2.75, 3.05) is 0 Å². The number of hydroxylamine groups is 1. The first-order chi connectivity index (χ1) is 13.2. The van der Waals surface area contributed by atoms with Gasteiger partial charge in [0.1, 0.15) is 24.7 Å². The van der Waals surface area contributed by atoms with E-state index in [0.717, 1.165) is 16.9 Å². The molecule has 6 heteroatoms. The molecular weight excluding hydrogens is 344 g/mol. The summed E-state index contributed by atoms with van der Waals surface area (Å²) in [5, 5.41) is 0. The number of ether oxygens (including phenoxy) is 2. The lowest BCUT2D eigenvalue weighted by Crippen LogP contribution is -2.19. The molecule has 0 fully saturated rings. The summed E-state index contributed by atoms with van der Waals surface area (Å²) in [6, 6.07) is 20.9. The second-order valence-electron chi connectivity index (χ2n) is 5.80. The molecule has 3 rings (SSSR count). The highest BCUT2D eigenvalue weighted by molar-refractivity contribution is 5.71. The molecule has 1 heterocycles. The van der Waals surface area contributed by atoms with Gasteiger partial charge >= 0.3 is 0 Å². The molecule has 3 aromatic rings. The van der Waals surface area contributed by atoms with Crippen molar-refractivity contribution < 1.29 is 19.1 Å². The van der Waals surface area contributed by atoms with Crippen LogP contribution in [0.1, 0.15) is 18.1 Å². The second-order valence-corrected chi connectivity index (χ2v) is 5.80. The molecule has 138 valence electrons. The van der Waals surface area contributed by atoms with Crippen molar-refractivity contribution in [3.05, 3.63) is 84.1 Å². The number of nitrogens with zero attached hydrogens (tertiary/aromatic N) is 1. The summed E-state index contributed by atoms with van der Waals surface area (Å²) >= 11 is 0. The van der Waals surface area contributed by atoms with Gasteiger partial charge in [0.05, 0.1) is 0 Å². The van der Waals surface area contributed by atoms with Crippen molar-refractivity contribution in [1.82, 2.24) is 10.5 Å². The highest BCUT2D eigenvalue weighted by atomic mass is 16.6. The molecule has 0 saturated carbocycles. The molecule has 6 nitrogen and oxygen atoms in total. The Morgan fingerprint density at radius 2 is 1.63 bits per heavy atom. The molecule has 0 spiro atoms. The fourth-order valence-electron chi connectivity index (χ4n) is 2.24. The summed E-state index contributed by atoms with van der Waals surface area (Å²) in [6.45, 7) is 2.14. The molecule has 2 aromatic carbocycles. The van der Waals surface area contributed by atoms with Crippen molar-refractivity contribution in [2.45, 2.75) is 20.1 Å². The zero-order valence-electron chi connectivity index (χ0n) is 14.9. The molecule has 0 bridgehead atoms. The van der Waals surface area contributed by atoms with Crippen LogP contribution < -0.4 is 15.0 Å². The van der Waals surface area contributed by atoms with Crippen LogP contribution in [0, 0.1) is 0 Å². The molecular formula is C21H20N2O4. The zero-order valence-corrected chi connectivity index (χ0v) is 14.9. The maximum absolute atomic E-state index is 10.7. The average Bonchev–Trinajstić information content (AvgIpc) is 2.69. The summed E-state index contributed by atoms with van der Waals surface area (Å²) in [6.07, 6.45) is 1.63. The lowest BCUT2D eigenvalue weighted by Gasteiger charge is -2.09. The topological polar surface area (TPSA) is 69.7 Å². The lowest BCUT2D eigenvalue weighted by atomic mass is 10.2. The fourth-order valence-corrected chi connectivity index (χ4v) is 2.24. The van der Waals surface area contributed by atoms with Crippen molar-refractivity contribution in [1.29, 1.82) is 0 Å². The monoisotopic (exact) mass is 364 g/mol. The van der Waals surface area contributed by atoms with Crippen LogP contribution in [0.5, 0.6) is 17.4 Å². The van der Waals surface area contributed by atoms with E-state index >= 15 is 0 Å². The van der Waals surface area contributed by atoms with Gasteiger partial charge < -0.3 is 9.47 Å². The van der Waals surface area contributed by atoms with Crippen LogP contribution in [0.2, 0.25) is 0 Å².